The van der Waals surface area contributed by atoms with E-state index >= 15 is 0 Å². The van der Waals surface area contributed by atoms with Gasteiger partial charge >= 0.3 is 0 Å². The minimum atomic E-state index is -0.463. The lowest BCUT2D eigenvalue weighted by Gasteiger charge is -2.18. The van der Waals surface area contributed by atoms with E-state index in [1.165, 1.54) is 37.5 Å². The Kier molecular flexibility index (Phi) is 4.33. The first-order valence-corrected chi connectivity index (χ1v) is 6.75. The molecule has 18 heavy (non-hydrogen) atoms. The molecule has 1 aliphatic rings. The second-order valence-electron chi connectivity index (χ2n) is 5.55. The van der Waals surface area contributed by atoms with Crippen LogP contribution in [0.5, 0.6) is 0 Å². The fourth-order valence-electron chi connectivity index (χ4n) is 2.88. The third-order valence-electron chi connectivity index (χ3n) is 3.95. The monoisotopic (exact) mass is 253 g/mol. The predicted octanol–water partition coefficient (Wildman–Crippen LogP) is 4.05. The van der Waals surface area contributed by atoms with E-state index < -0.39 is 11.6 Å². The van der Waals surface area contributed by atoms with Crippen LogP contribution in [0.2, 0.25) is 0 Å². The molecule has 1 aliphatic carbocycles. The summed E-state index contributed by atoms with van der Waals surface area (Å²) >= 11 is 0. The van der Waals surface area contributed by atoms with Gasteiger partial charge in [-0.1, -0.05) is 19.4 Å². The molecule has 0 aliphatic heterocycles. The van der Waals surface area contributed by atoms with Crippen LogP contribution >= 0.6 is 0 Å². The van der Waals surface area contributed by atoms with E-state index in [4.69, 9.17) is 0 Å². The average Bonchev–Trinajstić information content (AvgIpc) is 2.72. The summed E-state index contributed by atoms with van der Waals surface area (Å²) in [6.45, 7) is 4.93. The van der Waals surface area contributed by atoms with E-state index in [1.807, 2.05) is 6.92 Å². The summed E-state index contributed by atoms with van der Waals surface area (Å²) < 4.78 is 27.2. The van der Waals surface area contributed by atoms with Crippen LogP contribution < -0.4 is 5.32 Å². The van der Waals surface area contributed by atoms with Gasteiger partial charge in [-0.2, -0.15) is 0 Å². The standard InChI is InChI=1S/C15H21F2N/c1-10-6-7-12(8-10)9-18-11(2)15-13(16)4-3-5-14(15)17/h3-5,10-12,18H,6-9H2,1-2H3. The normalized spacial score (nSPS) is 25.3. The lowest BCUT2D eigenvalue weighted by molar-refractivity contribution is 0.422. The van der Waals surface area contributed by atoms with Crippen molar-refractivity contribution in [2.75, 3.05) is 6.54 Å². The summed E-state index contributed by atoms with van der Waals surface area (Å²) in [6, 6.07) is 3.75. The highest BCUT2D eigenvalue weighted by Crippen LogP contribution is 2.30. The van der Waals surface area contributed by atoms with Gasteiger partial charge in [0, 0.05) is 11.6 Å². The number of rotatable bonds is 4. The van der Waals surface area contributed by atoms with Gasteiger partial charge in [0.15, 0.2) is 0 Å². The Morgan fingerprint density at radius 3 is 2.50 bits per heavy atom. The Bertz CT molecular complexity index is 385. The molecular weight excluding hydrogens is 232 g/mol. The van der Waals surface area contributed by atoms with Gasteiger partial charge in [0.2, 0.25) is 0 Å². The number of halogens is 2. The van der Waals surface area contributed by atoms with E-state index in [1.54, 1.807) is 0 Å². The average molecular weight is 253 g/mol. The van der Waals surface area contributed by atoms with E-state index in [-0.39, 0.29) is 11.6 Å². The van der Waals surface area contributed by atoms with Crippen molar-refractivity contribution in [3.05, 3.63) is 35.4 Å². The predicted molar refractivity (Wildman–Crippen MR) is 69.3 cm³/mol. The fraction of sp³-hybridized carbons (Fsp3) is 0.600. The van der Waals surface area contributed by atoms with Crippen LogP contribution in [-0.4, -0.2) is 6.54 Å². The third kappa shape index (κ3) is 3.08. The maximum atomic E-state index is 13.6. The Balaban J connectivity index is 1.93. The molecule has 1 saturated carbocycles. The summed E-state index contributed by atoms with van der Waals surface area (Å²) in [5.74, 6) is 0.513. The van der Waals surface area contributed by atoms with Gasteiger partial charge in [-0.25, -0.2) is 8.78 Å². The van der Waals surface area contributed by atoms with Gasteiger partial charge in [-0.15, -0.1) is 0 Å². The molecule has 1 aromatic rings. The topological polar surface area (TPSA) is 12.0 Å². The van der Waals surface area contributed by atoms with Crippen molar-refractivity contribution in [2.45, 2.75) is 39.2 Å². The molecule has 3 unspecified atom stereocenters. The zero-order valence-corrected chi connectivity index (χ0v) is 11.0. The van der Waals surface area contributed by atoms with Crippen molar-refractivity contribution in [1.82, 2.24) is 5.32 Å². The largest absolute Gasteiger partial charge is 0.310 e. The van der Waals surface area contributed by atoms with E-state index in [9.17, 15) is 8.78 Å². The molecule has 0 saturated heterocycles. The van der Waals surface area contributed by atoms with Crippen molar-refractivity contribution in [2.24, 2.45) is 11.8 Å². The molecule has 0 bridgehead atoms. The molecule has 3 atom stereocenters. The van der Waals surface area contributed by atoms with Crippen LogP contribution in [0.1, 0.15) is 44.7 Å². The third-order valence-corrected chi connectivity index (χ3v) is 3.95. The Labute approximate surface area is 108 Å². The summed E-state index contributed by atoms with van der Waals surface area (Å²) in [4.78, 5) is 0. The molecule has 100 valence electrons. The van der Waals surface area contributed by atoms with Crippen molar-refractivity contribution in [1.29, 1.82) is 0 Å². The maximum Gasteiger partial charge on any atom is 0.130 e. The molecular formula is C15H21F2N. The van der Waals surface area contributed by atoms with Gasteiger partial charge in [-0.3, -0.25) is 0 Å². The zero-order chi connectivity index (χ0) is 13.1. The van der Waals surface area contributed by atoms with Gasteiger partial charge in [-0.05, 0) is 50.3 Å². The molecule has 0 heterocycles. The van der Waals surface area contributed by atoms with Crippen molar-refractivity contribution < 1.29 is 8.78 Å². The quantitative estimate of drug-likeness (QED) is 0.853. The summed E-state index contributed by atoms with van der Waals surface area (Å²) in [5, 5.41) is 3.26. The first kappa shape index (κ1) is 13.5. The highest BCUT2D eigenvalue weighted by atomic mass is 19.1. The van der Waals surface area contributed by atoms with Crippen molar-refractivity contribution >= 4 is 0 Å². The molecule has 1 N–H and O–H groups in total. The second-order valence-corrected chi connectivity index (χ2v) is 5.55. The maximum absolute atomic E-state index is 13.6. The van der Waals surface area contributed by atoms with Gasteiger partial charge in [0.05, 0.1) is 0 Å². The lowest BCUT2D eigenvalue weighted by Crippen LogP contribution is -2.26. The summed E-state index contributed by atoms with van der Waals surface area (Å²) in [5.41, 5.74) is 0.156. The Hall–Kier alpha value is -0.960. The van der Waals surface area contributed by atoms with Crippen LogP contribution in [0.4, 0.5) is 8.78 Å². The van der Waals surface area contributed by atoms with Crippen LogP contribution in [0.25, 0.3) is 0 Å². The van der Waals surface area contributed by atoms with Gasteiger partial charge in [0.25, 0.3) is 0 Å². The highest BCUT2D eigenvalue weighted by molar-refractivity contribution is 5.22. The van der Waals surface area contributed by atoms with E-state index in [0.29, 0.717) is 5.92 Å². The zero-order valence-electron chi connectivity index (χ0n) is 11.0. The molecule has 0 spiro atoms. The smallest absolute Gasteiger partial charge is 0.130 e. The minimum Gasteiger partial charge on any atom is -0.310 e. The minimum absolute atomic E-state index is 0.156. The first-order valence-electron chi connectivity index (χ1n) is 6.75. The SMILES string of the molecule is CC1CCC(CNC(C)c2c(F)cccc2F)C1. The molecule has 1 nitrogen and oxygen atoms in total. The van der Waals surface area contributed by atoms with Crippen LogP contribution in [0.3, 0.4) is 0 Å². The lowest BCUT2D eigenvalue weighted by atomic mass is 10.0. The van der Waals surface area contributed by atoms with Gasteiger partial charge in [0.1, 0.15) is 11.6 Å². The fourth-order valence-corrected chi connectivity index (χ4v) is 2.88. The van der Waals surface area contributed by atoms with Crippen molar-refractivity contribution in [3.63, 3.8) is 0 Å². The summed E-state index contributed by atoms with van der Waals surface area (Å²) in [6.07, 6.45) is 3.72. The molecule has 0 aromatic heterocycles. The van der Waals surface area contributed by atoms with E-state index in [0.717, 1.165) is 12.5 Å². The van der Waals surface area contributed by atoms with E-state index in [2.05, 4.69) is 12.2 Å². The number of benzene rings is 1. The molecule has 1 fully saturated rings. The second kappa shape index (κ2) is 5.79. The molecule has 1 aromatic carbocycles. The number of hydrogen-bond donors (Lipinski definition) is 1. The summed E-state index contributed by atoms with van der Waals surface area (Å²) in [7, 11) is 0. The molecule has 0 radical (unpaired) electrons. The van der Waals surface area contributed by atoms with Crippen LogP contribution in [0, 0.1) is 23.5 Å². The van der Waals surface area contributed by atoms with Crippen LogP contribution in [-0.2, 0) is 0 Å². The van der Waals surface area contributed by atoms with Crippen LogP contribution in [0.15, 0.2) is 18.2 Å². The highest BCUT2D eigenvalue weighted by Gasteiger charge is 2.22. The number of hydrogen-bond acceptors (Lipinski definition) is 1. The number of nitrogens with one attached hydrogen (secondary N) is 1. The molecule has 0 amide bonds. The molecule has 2 rings (SSSR count). The molecule has 3 heteroatoms. The van der Waals surface area contributed by atoms with Gasteiger partial charge < -0.3 is 5.32 Å². The Morgan fingerprint density at radius 1 is 1.28 bits per heavy atom. The van der Waals surface area contributed by atoms with Crippen molar-refractivity contribution in [3.8, 4) is 0 Å². The Morgan fingerprint density at radius 2 is 1.94 bits per heavy atom. The first-order chi connectivity index (χ1) is 8.58.